The molecule has 1 aliphatic rings. The number of rotatable bonds is 10. The highest BCUT2D eigenvalue weighted by atomic mass is 16.5. The highest BCUT2D eigenvalue weighted by Gasteiger charge is 2.27. The molecular weight excluding hydrogens is 388 g/mol. The fraction of sp³-hybridized carbons (Fsp3) is 0.462. The number of benzene rings is 2. The van der Waals surface area contributed by atoms with Crippen molar-refractivity contribution in [2.75, 3.05) is 19.7 Å². The van der Waals surface area contributed by atoms with Crippen molar-refractivity contribution in [1.82, 2.24) is 10.2 Å². The van der Waals surface area contributed by atoms with Crippen LogP contribution in [0.1, 0.15) is 61.4 Å². The van der Waals surface area contributed by atoms with Gasteiger partial charge in [-0.1, -0.05) is 56.5 Å². The van der Waals surface area contributed by atoms with Gasteiger partial charge in [0.05, 0.1) is 6.61 Å². The lowest BCUT2D eigenvalue weighted by molar-refractivity contribution is -0.126. The van der Waals surface area contributed by atoms with E-state index in [0.29, 0.717) is 44.6 Å². The van der Waals surface area contributed by atoms with E-state index in [1.165, 1.54) is 19.3 Å². The van der Waals surface area contributed by atoms with E-state index >= 15 is 0 Å². The number of carbonyl (C=O) groups is 2. The third-order valence-corrected chi connectivity index (χ3v) is 5.83. The van der Waals surface area contributed by atoms with E-state index in [1.54, 1.807) is 0 Å². The van der Waals surface area contributed by atoms with E-state index in [1.807, 2.05) is 59.5 Å². The van der Waals surface area contributed by atoms with Gasteiger partial charge in [0.1, 0.15) is 5.75 Å². The van der Waals surface area contributed by atoms with Crippen molar-refractivity contribution in [2.24, 2.45) is 5.92 Å². The summed E-state index contributed by atoms with van der Waals surface area (Å²) in [4.78, 5) is 27.1. The number of unbranched alkanes of at least 4 members (excludes halogenated alkanes) is 3. The van der Waals surface area contributed by atoms with Crippen LogP contribution in [-0.2, 0) is 11.3 Å². The maximum absolute atomic E-state index is 12.8. The van der Waals surface area contributed by atoms with Crippen molar-refractivity contribution in [3.8, 4) is 5.75 Å². The predicted molar refractivity (Wildman–Crippen MR) is 123 cm³/mol. The van der Waals surface area contributed by atoms with E-state index in [2.05, 4.69) is 12.2 Å². The third kappa shape index (κ3) is 7.12. The molecular formula is C26H34N2O3. The molecule has 1 N–H and O–H groups in total. The van der Waals surface area contributed by atoms with Crippen LogP contribution >= 0.6 is 0 Å². The van der Waals surface area contributed by atoms with Gasteiger partial charge in [0.25, 0.3) is 5.91 Å². The Labute approximate surface area is 185 Å². The molecule has 0 atom stereocenters. The van der Waals surface area contributed by atoms with Crippen LogP contribution in [0, 0.1) is 5.92 Å². The maximum Gasteiger partial charge on any atom is 0.253 e. The van der Waals surface area contributed by atoms with Gasteiger partial charge in [0, 0.05) is 31.1 Å². The summed E-state index contributed by atoms with van der Waals surface area (Å²) in [7, 11) is 0. The van der Waals surface area contributed by atoms with Crippen molar-refractivity contribution in [1.29, 1.82) is 0 Å². The zero-order valence-electron chi connectivity index (χ0n) is 18.5. The zero-order valence-corrected chi connectivity index (χ0v) is 18.5. The van der Waals surface area contributed by atoms with E-state index in [4.69, 9.17) is 4.74 Å². The fourth-order valence-corrected chi connectivity index (χ4v) is 3.87. The standard InChI is InChI=1S/C26H34N2O3/c1-2-3-4-8-19-31-24-13-11-23(12-14-24)26(30)28-17-15-22(16-18-28)25(29)27-20-21-9-6-5-7-10-21/h5-7,9-14,22H,2-4,8,15-20H2,1H3,(H,27,29). The van der Waals surface area contributed by atoms with Crippen LogP contribution in [0.3, 0.4) is 0 Å². The molecule has 1 saturated heterocycles. The zero-order chi connectivity index (χ0) is 21.9. The Balaban J connectivity index is 1.40. The number of hydrogen-bond acceptors (Lipinski definition) is 3. The van der Waals surface area contributed by atoms with Crippen molar-refractivity contribution in [2.45, 2.75) is 52.0 Å². The molecule has 2 aromatic carbocycles. The lowest BCUT2D eigenvalue weighted by Crippen LogP contribution is -2.42. The summed E-state index contributed by atoms with van der Waals surface area (Å²) in [5.41, 5.74) is 1.77. The lowest BCUT2D eigenvalue weighted by Gasteiger charge is -2.31. The maximum atomic E-state index is 12.8. The van der Waals surface area contributed by atoms with Crippen LogP contribution in [0.2, 0.25) is 0 Å². The van der Waals surface area contributed by atoms with E-state index in [0.717, 1.165) is 17.7 Å². The summed E-state index contributed by atoms with van der Waals surface area (Å²) in [5, 5.41) is 3.02. The minimum Gasteiger partial charge on any atom is -0.494 e. The topological polar surface area (TPSA) is 58.6 Å². The van der Waals surface area contributed by atoms with E-state index < -0.39 is 0 Å². The Hall–Kier alpha value is -2.82. The Morgan fingerprint density at radius 3 is 2.35 bits per heavy atom. The van der Waals surface area contributed by atoms with Gasteiger partial charge in [0.15, 0.2) is 0 Å². The van der Waals surface area contributed by atoms with Crippen LogP contribution in [0.15, 0.2) is 54.6 Å². The first-order chi connectivity index (χ1) is 15.2. The van der Waals surface area contributed by atoms with Crippen molar-refractivity contribution in [3.63, 3.8) is 0 Å². The van der Waals surface area contributed by atoms with Gasteiger partial charge in [-0.05, 0) is 49.1 Å². The van der Waals surface area contributed by atoms with E-state index in [9.17, 15) is 9.59 Å². The second-order valence-corrected chi connectivity index (χ2v) is 8.20. The molecule has 2 amide bonds. The molecule has 0 radical (unpaired) electrons. The SMILES string of the molecule is CCCCCCOc1ccc(C(=O)N2CCC(C(=O)NCc3ccccc3)CC2)cc1. The molecule has 0 aromatic heterocycles. The van der Waals surface area contributed by atoms with Gasteiger partial charge in [-0.15, -0.1) is 0 Å². The lowest BCUT2D eigenvalue weighted by atomic mass is 9.95. The van der Waals surface area contributed by atoms with Gasteiger partial charge in [-0.2, -0.15) is 0 Å². The summed E-state index contributed by atoms with van der Waals surface area (Å²) in [5.74, 6) is 0.882. The number of likely N-dealkylation sites (tertiary alicyclic amines) is 1. The van der Waals surface area contributed by atoms with Gasteiger partial charge in [-0.3, -0.25) is 9.59 Å². The molecule has 5 nitrogen and oxygen atoms in total. The molecule has 1 heterocycles. The highest BCUT2D eigenvalue weighted by Crippen LogP contribution is 2.21. The second-order valence-electron chi connectivity index (χ2n) is 8.20. The largest absolute Gasteiger partial charge is 0.494 e. The normalized spacial score (nSPS) is 14.3. The number of amides is 2. The monoisotopic (exact) mass is 422 g/mol. The summed E-state index contributed by atoms with van der Waals surface area (Å²) in [6.07, 6.45) is 6.10. The Morgan fingerprint density at radius 2 is 1.68 bits per heavy atom. The molecule has 166 valence electrons. The molecule has 1 aliphatic heterocycles. The Morgan fingerprint density at radius 1 is 0.968 bits per heavy atom. The average Bonchev–Trinajstić information content (AvgIpc) is 2.83. The number of nitrogens with zero attached hydrogens (tertiary/aromatic N) is 1. The summed E-state index contributed by atoms with van der Waals surface area (Å²) >= 11 is 0. The quantitative estimate of drug-likeness (QED) is 0.559. The highest BCUT2D eigenvalue weighted by molar-refractivity contribution is 5.94. The van der Waals surface area contributed by atoms with Crippen LogP contribution in [0.25, 0.3) is 0 Å². The van der Waals surface area contributed by atoms with Crippen molar-refractivity contribution in [3.05, 3.63) is 65.7 Å². The molecule has 0 spiro atoms. The minimum atomic E-state index is -0.0313. The van der Waals surface area contributed by atoms with Gasteiger partial charge < -0.3 is 15.0 Å². The molecule has 3 rings (SSSR count). The summed E-state index contributed by atoms with van der Waals surface area (Å²) in [6.45, 7) is 4.68. The molecule has 0 bridgehead atoms. The van der Waals surface area contributed by atoms with Gasteiger partial charge in [0.2, 0.25) is 5.91 Å². The smallest absolute Gasteiger partial charge is 0.253 e. The van der Waals surface area contributed by atoms with Gasteiger partial charge in [-0.25, -0.2) is 0 Å². The van der Waals surface area contributed by atoms with Crippen molar-refractivity contribution < 1.29 is 14.3 Å². The first-order valence-electron chi connectivity index (χ1n) is 11.5. The molecule has 2 aromatic rings. The molecule has 1 fully saturated rings. The van der Waals surface area contributed by atoms with Gasteiger partial charge >= 0.3 is 0 Å². The predicted octanol–water partition coefficient (Wildman–Crippen LogP) is 4.81. The molecule has 0 unspecified atom stereocenters. The molecule has 0 aliphatic carbocycles. The third-order valence-electron chi connectivity index (χ3n) is 5.83. The minimum absolute atomic E-state index is 0.0256. The summed E-state index contributed by atoms with van der Waals surface area (Å²) in [6, 6.07) is 17.3. The number of hydrogen-bond donors (Lipinski definition) is 1. The van der Waals surface area contributed by atoms with Crippen LogP contribution < -0.4 is 10.1 Å². The fourth-order valence-electron chi connectivity index (χ4n) is 3.87. The number of piperidine rings is 1. The van der Waals surface area contributed by atoms with Crippen LogP contribution in [0.5, 0.6) is 5.75 Å². The molecule has 5 heteroatoms. The molecule has 31 heavy (non-hydrogen) atoms. The van der Waals surface area contributed by atoms with Crippen LogP contribution in [-0.4, -0.2) is 36.4 Å². The number of ether oxygens (including phenoxy) is 1. The first-order valence-corrected chi connectivity index (χ1v) is 11.5. The summed E-state index contributed by atoms with van der Waals surface area (Å²) < 4.78 is 5.76. The average molecular weight is 423 g/mol. The van der Waals surface area contributed by atoms with E-state index in [-0.39, 0.29) is 17.7 Å². The van der Waals surface area contributed by atoms with Crippen molar-refractivity contribution >= 4 is 11.8 Å². The van der Waals surface area contributed by atoms with Crippen LogP contribution in [0.4, 0.5) is 0 Å². The Kier molecular flexibility index (Phi) is 8.95. The number of nitrogens with one attached hydrogen (secondary N) is 1. The molecule has 0 saturated carbocycles. The first kappa shape index (κ1) is 22.9. The second kappa shape index (κ2) is 12.1. The number of carbonyl (C=O) groups excluding carboxylic acids is 2. The Bertz CT molecular complexity index is 812.